The number of carbonyl (C=O) groups excluding carboxylic acids is 4. The van der Waals surface area contributed by atoms with Crippen molar-refractivity contribution in [1.82, 2.24) is 10.2 Å². The predicted octanol–water partition coefficient (Wildman–Crippen LogP) is 2.16. The van der Waals surface area contributed by atoms with Crippen LogP contribution >= 0.6 is 0 Å². The van der Waals surface area contributed by atoms with Gasteiger partial charge in [-0.15, -0.1) is 0 Å². The highest BCUT2D eigenvalue weighted by Gasteiger charge is 2.41. The van der Waals surface area contributed by atoms with Gasteiger partial charge in [-0.25, -0.2) is 4.79 Å². The Balaban J connectivity index is 1.54. The highest BCUT2D eigenvalue weighted by molar-refractivity contribution is 6.22. The van der Waals surface area contributed by atoms with Crippen LogP contribution in [-0.2, 0) is 14.3 Å². The van der Waals surface area contributed by atoms with E-state index in [1.54, 1.807) is 24.3 Å². The van der Waals surface area contributed by atoms with Gasteiger partial charge in [-0.2, -0.15) is 0 Å². The van der Waals surface area contributed by atoms with Gasteiger partial charge in [-0.1, -0.05) is 38.8 Å². The third kappa shape index (κ3) is 3.79. The van der Waals surface area contributed by atoms with Crippen molar-refractivity contribution in [3.05, 3.63) is 35.4 Å². The quantitative estimate of drug-likeness (QED) is 0.618. The van der Waals surface area contributed by atoms with Gasteiger partial charge in [-0.05, 0) is 37.3 Å². The fourth-order valence-electron chi connectivity index (χ4n) is 3.96. The van der Waals surface area contributed by atoms with E-state index in [-0.39, 0.29) is 23.1 Å². The first kappa shape index (κ1) is 20.0. The van der Waals surface area contributed by atoms with Crippen LogP contribution in [0.25, 0.3) is 0 Å². The Labute approximate surface area is 164 Å². The summed E-state index contributed by atoms with van der Waals surface area (Å²) in [5.74, 6) is -1.30. The average Bonchev–Trinajstić information content (AvgIpc) is 2.94. The number of amides is 3. The first-order valence-electron chi connectivity index (χ1n) is 9.74. The van der Waals surface area contributed by atoms with Crippen LogP contribution in [0.15, 0.2) is 24.3 Å². The van der Waals surface area contributed by atoms with E-state index in [0.29, 0.717) is 11.8 Å². The molecule has 28 heavy (non-hydrogen) atoms. The monoisotopic (exact) mass is 386 g/mol. The molecule has 1 saturated carbocycles. The Kier molecular flexibility index (Phi) is 5.82. The molecule has 150 valence electrons. The van der Waals surface area contributed by atoms with Gasteiger partial charge < -0.3 is 10.1 Å². The van der Waals surface area contributed by atoms with E-state index >= 15 is 0 Å². The summed E-state index contributed by atoms with van der Waals surface area (Å²) >= 11 is 0. The molecule has 7 heteroatoms. The van der Waals surface area contributed by atoms with E-state index in [4.69, 9.17) is 4.74 Å². The molecule has 1 aromatic rings. The molecule has 2 aliphatic rings. The maximum absolute atomic E-state index is 12.4. The van der Waals surface area contributed by atoms with Crippen molar-refractivity contribution in [1.29, 1.82) is 0 Å². The third-order valence-electron chi connectivity index (χ3n) is 5.95. The summed E-state index contributed by atoms with van der Waals surface area (Å²) in [7, 11) is 0. The minimum atomic E-state index is -1.10. The van der Waals surface area contributed by atoms with Gasteiger partial charge in [0.2, 0.25) is 0 Å². The first-order valence-corrected chi connectivity index (χ1v) is 9.74. The molecule has 1 fully saturated rings. The van der Waals surface area contributed by atoms with Gasteiger partial charge in [0, 0.05) is 6.04 Å². The average molecular weight is 386 g/mol. The van der Waals surface area contributed by atoms with Crippen LogP contribution < -0.4 is 5.32 Å². The van der Waals surface area contributed by atoms with Crippen molar-refractivity contribution in [3.8, 4) is 0 Å². The maximum atomic E-state index is 12.4. The lowest BCUT2D eigenvalue weighted by Crippen LogP contribution is -2.47. The summed E-state index contributed by atoms with van der Waals surface area (Å²) in [4.78, 5) is 50.3. The molecule has 1 aromatic carbocycles. The van der Waals surface area contributed by atoms with Crippen molar-refractivity contribution >= 4 is 23.7 Å². The minimum absolute atomic E-state index is 0.0728. The van der Waals surface area contributed by atoms with Crippen molar-refractivity contribution in [2.24, 2.45) is 11.8 Å². The van der Waals surface area contributed by atoms with E-state index in [2.05, 4.69) is 19.2 Å². The van der Waals surface area contributed by atoms with E-state index in [1.165, 1.54) is 6.92 Å². The zero-order chi connectivity index (χ0) is 20.4. The molecule has 0 unspecified atom stereocenters. The number of ether oxygens (including phenoxy) is 1. The third-order valence-corrected chi connectivity index (χ3v) is 5.95. The molecule has 0 spiro atoms. The smallest absolute Gasteiger partial charge is 0.329 e. The summed E-state index contributed by atoms with van der Waals surface area (Å²) in [6.45, 7) is 5.29. The summed E-state index contributed by atoms with van der Waals surface area (Å²) in [5, 5.41) is 2.93. The van der Waals surface area contributed by atoms with E-state index in [0.717, 1.165) is 24.2 Å². The van der Waals surface area contributed by atoms with Crippen LogP contribution in [-0.4, -0.2) is 47.3 Å². The zero-order valence-corrected chi connectivity index (χ0v) is 16.4. The lowest BCUT2D eigenvalue weighted by atomic mass is 9.78. The largest absolute Gasteiger partial charge is 0.454 e. The van der Waals surface area contributed by atoms with Crippen LogP contribution in [0.3, 0.4) is 0 Å². The standard InChI is InChI=1S/C21H26N2O5/c1-12-7-6-10-17(13(12)2)22-18(24)11-28-21(27)14(3)23-19(25)15-8-4-5-9-16(15)20(23)26/h4-5,8-9,12-14,17H,6-7,10-11H2,1-3H3,(H,22,24)/t12-,13+,14+,17+/m1/s1. The molecule has 0 radical (unpaired) electrons. The molecule has 3 amide bonds. The van der Waals surface area contributed by atoms with Crippen molar-refractivity contribution in [3.63, 3.8) is 0 Å². The summed E-state index contributed by atoms with van der Waals surface area (Å²) in [5.41, 5.74) is 0.538. The second kappa shape index (κ2) is 8.12. The normalized spacial score (nSPS) is 25.2. The van der Waals surface area contributed by atoms with Crippen molar-refractivity contribution in [2.45, 2.75) is 52.1 Å². The molecule has 1 aliphatic carbocycles. The SMILES string of the molecule is C[C@H]1[C@H](C)CCC[C@@H]1NC(=O)COC(=O)[C@H](C)N1C(=O)c2ccccc2C1=O. The molecule has 0 bridgehead atoms. The van der Waals surface area contributed by atoms with Gasteiger partial charge >= 0.3 is 5.97 Å². The van der Waals surface area contributed by atoms with Crippen LogP contribution in [0.2, 0.25) is 0 Å². The number of fused-ring (bicyclic) bond motifs is 1. The van der Waals surface area contributed by atoms with Crippen molar-refractivity contribution in [2.75, 3.05) is 6.61 Å². The maximum Gasteiger partial charge on any atom is 0.329 e. The Morgan fingerprint density at radius 1 is 1.14 bits per heavy atom. The Hall–Kier alpha value is -2.70. The van der Waals surface area contributed by atoms with E-state index in [9.17, 15) is 19.2 Å². The minimum Gasteiger partial charge on any atom is -0.454 e. The van der Waals surface area contributed by atoms with E-state index in [1.807, 2.05) is 0 Å². The number of imide groups is 1. The number of nitrogens with one attached hydrogen (secondary N) is 1. The summed E-state index contributed by atoms with van der Waals surface area (Å²) in [6.07, 6.45) is 3.13. The summed E-state index contributed by atoms with van der Waals surface area (Å²) in [6, 6.07) is 5.39. The second-order valence-corrected chi connectivity index (χ2v) is 7.75. The first-order chi connectivity index (χ1) is 13.3. The highest BCUT2D eigenvalue weighted by Crippen LogP contribution is 2.29. The van der Waals surface area contributed by atoms with Gasteiger partial charge in [0.05, 0.1) is 11.1 Å². The van der Waals surface area contributed by atoms with Gasteiger partial charge in [0.15, 0.2) is 6.61 Å². The lowest BCUT2D eigenvalue weighted by molar-refractivity contribution is -0.152. The zero-order valence-electron chi connectivity index (χ0n) is 16.4. The Morgan fingerprint density at radius 2 is 1.75 bits per heavy atom. The lowest BCUT2D eigenvalue weighted by Gasteiger charge is -2.34. The second-order valence-electron chi connectivity index (χ2n) is 7.75. The molecule has 0 aromatic heterocycles. The molecule has 0 saturated heterocycles. The van der Waals surface area contributed by atoms with Crippen LogP contribution in [0.4, 0.5) is 0 Å². The van der Waals surface area contributed by atoms with Gasteiger partial charge in [-0.3, -0.25) is 19.3 Å². The Morgan fingerprint density at radius 3 is 2.36 bits per heavy atom. The van der Waals surface area contributed by atoms with Crippen LogP contribution in [0.1, 0.15) is 60.7 Å². The molecular formula is C21H26N2O5. The van der Waals surface area contributed by atoms with Gasteiger partial charge in [0.25, 0.3) is 17.7 Å². The number of rotatable bonds is 5. The number of benzene rings is 1. The number of hydrogen-bond donors (Lipinski definition) is 1. The molecule has 7 nitrogen and oxygen atoms in total. The van der Waals surface area contributed by atoms with Crippen molar-refractivity contribution < 1.29 is 23.9 Å². The van der Waals surface area contributed by atoms with E-state index < -0.39 is 30.4 Å². The van der Waals surface area contributed by atoms with Crippen LogP contribution in [0.5, 0.6) is 0 Å². The predicted molar refractivity (Wildman–Crippen MR) is 101 cm³/mol. The highest BCUT2D eigenvalue weighted by atomic mass is 16.5. The molecule has 1 aliphatic heterocycles. The molecular weight excluding hydrogens is 360 g/mol. The molecule has 3 rings (SSSR count). The molecule has 1 N–H and O–H groups in total. The van der Waals surface area contributed by atoms with Gasteiger partial charge in [0.1, 0.15) is 6.04 Å². The fraction of sp³-hybridized carbons (Fsp3) is 0.524. The molecule has 1 heterocycles. The van der Waals surface area contributed by atoms with Crippen LogP contribution in [0, 0.1) is 11.8 Å². The Bertz CT molecular complexity index is 771. The summed E-state index contributed by atoms with van der Waals surface area (Å²) < 4.78 is 5.08. The number of esters is 1. The number of hydrogen-bond acceptors (Lipinski definition) is 5. The topological polar surface area (TPSA) is 92.8 Å². The molecule has 4 atom stereocenters. The number of nitrogens with zero attached hydrogens (tertiary/aromatic N) is 1. The fourth-order valence-corrected chi connectivity index (χ4v) is 3.96. The number of carbonyl (C=O) groups is 4.